The SMILES string of the molecule is CC(C)CC12CN3CCN(CC(C3)C13CO3)C2. The van der Waals surface area contributed by atoms with Crippen molar-refractivity contribution in [2.45, 2.75) is 25.9 Å². The molecule has 4 bridgehead atoms. The predicted octanol–water partition coefficient (Wildman–Crippen LogP) is 1.05. The Kier molecular flexibility index (Phi) is 2.06. The second kappa shape index (κ2) is 3.25. The van der Waals surface area contributed by atoms with E-state index in [-0.39, 0.29) is 5.60 Å². The zero-order valence-corrected chi connectivity index (χ0v) is 11.1. The molecule has 5 aliphatic rings. The molecule has 5 fully saturated rings. The molecule has 0 radical (unpaired) electrons. The Morgan fingerprint density at radius 2 is 1.76 bits per heavy atom. The van der Waals surface area contributed by atoms with Crippen molar-refractivity contribution in [2.24, 2.45) is 17.3 Å². The van der Waals surface area contributed by atoms with Crippen LogP contribution in [0.25, 0.3) is 0 Å². The summed E-state index contributed by atoms with van der Waals surface area (Å²) in [6, 6.07) is 0. The van der Waals surface area contributed by atoms with Gasteiger partial charge in [-0.2, -0.15) is 0 Å². The molecule has 3 atom stereocenters. The van der Waals surface area contributed by atoms with Crippen LogP contribution in [0.5, 0.6) is 0 Å². The second-order valence-electron chi connectivity index (χ2n) is 7.22. The van der Waals surface area contributed by atoms with Gasteiger partial charge < -0.3 is 14.5 Å². The molecule has 3 unspecified atom stereocenters. The lowest BCUT2D eigenvalue weighted by Gasteiger charge is -2.55. The number of rotatable bonds is 2. The molecule has 3 heteroatoms. The average Bonchev–Trinajstić information content (AvgIpc) is 2.97. The molecule has 0 N–H and O–H groups in total. The molecule has 5 aliphatic heterocycles. The van der Waals surface area contributed by atoms with Crippen molar-refractivity contribution < 1.29 is 4.74 Å². The Morgan fingerprint density at radius 3 is 2.24 bits per heavy atom. The average molecular weight is 236 g/mol. The minimum atomic E-state index is 0.286. The fourth-order valence-corrected chi connectivity index (χ4v) is 5.04. The van der Waals surface area contributed by atoms with Crippen LogP contribution in [-0.2, 0) is 4.74 Å². The van der Waals surface area contributed by atoms with Crippen molar-refractivity contribution in [2.75, 3.05) is 45.9 Å². The van der Waals surface area contributed by atoms with Crippen LogP contribution in [0, 0.1) is 17.3 Å². The molecule has 0 aliphatic carbocycles. The Morgan fingerprint density at radius 1 is 1.18 bits per heavy atom. The van der Waals surface area contributed by atoms with E-state index in [4.69, 9.17) is 4.74 Å². The quantitative estimate of drug-likeness (QED) is 0.668. The molecule has 0 saturated carbocycles. The smallest absolute Gasteiger partial charge is 0.105 e. The number of ether oxygens (including phenoxy) is 1. The van der Waals surface area contributed by atoms with Gasteiger partial charge in [0.15, 0.2) is 0 Å². The maximum atomic E-state index is 6.08. The van der Waals surface area contributed by atoms with Gasteiger partial charge in [-0.25, -0.2) is 0 Å². The Hall–Kier alpha value is -0.120. The van der Waals surface area contributed by atoms with E-state index >= 15 is 0 Å². The Balaban J connectivity index is 1.75. The third-order valence-corrected chi connectivity index (χ3v) is 5.55. The number of nitrogens with zero attached hydrogens (tertiary/aromatic N) is 2. The molecular formula is C14H24N2O. The van der Waals surface area contributed by atoms with Crippen LogP contribution in [0.3, 0.4) is 0 Å². The molecule has 5 saturated heterocycles. The fourth-order valence-electron chi connectivity index (χ4n) is 5.04. The molecule has 0 aromatic rings. The second-order valence-corrected chi connectivity index (χ2v) is 7.22. The van der Waals surface area contributed by atoms with E-state index in [9.17, 15) is 0 Å². The first-order valence-corrected chi connectivity index (χ1v) is 7.22. The van der Waals surface area contributed by atoms with Gasteiger partial charge in [0, 0.05) is 50.6 Å². The first kappa shape index (κ1) is 10.8. The number of fused-ring (bicyclic) bond motifs is 1. The fraction of sp³-hybridized carbons (Fsp3) is 1.00. The summed E-state index contributed by atoms with van der Waals surface area (Å²) in [6.45, 7) is 13.5. The third kappa shape index (κ3) is 1.33. The summed E-state index contributed by atoms with van der Waals surface area (Å²) in [5.74, 6) is 1.57. The molecular weight excluding hydrogens is 212 g/mol. The van der Waals surface area contributed by atoms with Crippen LogP contribution in [0.15, 0.2) is 0 Å². The standard InChI is InChI=1S/C14H24N2O/c1-11(2)5-13-8-15-3-4-16(9-13)7-12(6-15)14(13)10-17-14/h11-12H,3-10H2,1-2H3. The van der Waals surface area contributed by atoms with Gasteiger partial charge in [-0.05, 0) is 12.3 Å². The van der Waals surface area contributed by atoms with E-state index in [1.54, 1.807) is 0 Å². The van der Waals surface area contributed by atoms with E-state index < -0.39 is 0 Å². The van der Waals surface area contributed by atoms with E-state index in [0.29, 0.717) is 5.41 Å². The van der Waals surface area contributed by atoms with Gasteiger partial charge in [-0.3, -0.25) is 0 Å². The molecule has 17 heavy (non-hydrogen) atoms. The van der Waals surface area contributed by atoms with E-state index in [2.05, 4.69) is 23.6 Å². The van der Waals surface area contributed by atoms with Crippen LogP contribution >= 0.6 is 0 Å². The highest BCUT2D eigenvalue weighted by atomic mass is 16.6. The molecule has 1 spiro atoms. The van der Waals surface area contributed by atoms with E-state index in [0.717, 1.165) is 18.4 Å². The summed E-state index contributed by atoms with van der Waals surface area (Å²) in [5, 5.41) is 0. The van der Waals surface area contributed by atoms with Crippen LogP contribution in [0.2, 0.25) is 0 Å². The van der Waals surface area contributed by atoms with Gasteiger partial charge in [0.25, 0.3) is 0 Å². The first-order valence-electron chi connectivity index (χ1n) is 7.22. The van der Waals surface area contributed by atoms with E-state index in [1.807, 2.05) is 0 Å². The summed E-state index contributed by atoms with van der Waals surface area (Å²) in [7, 11) is 0. The molecule has 0 aromatic heterocycles. The van der Waals surface area contributed by atoms with Gasteiger partial charge in [-0.1, -0.05) is 13.8 Å². The Bertz CT molecular complexity index is 321. The van der Waals surface area contributed by atoms with Gasteiger partial charge in [-0.15, -0.1) is 0 Å². The largest absolute Gasteiger partial charge is 0.368 e. The molecule has 5 heterocycles. The first-order chi connectivity index (χ1) is 8.14. The number of hydrogen-bond acceptors (Lipinski definition) is 3. The highest BCUT2D eigenvalue weighted by molar-refractivity contribution is 5.20. The highest BCUT2D eigenvalue weighted by Crippen LogP contribution is 2.59. The summed E-state index contributed by atoms with van der Waals surface area (Å²) in [6.07, 6.45) is 1.34. The van der Waals surface area contributed by atoms with Crippen molar-refractivity contribution in [3.63, 3.8) is 0 Å². The minimum absolute atomic E-state index is 0.286. The molecule has 0 amide bonds. The zero-order chi connectivity index (χ0) is 11.7. The van der Waals surface area contributed by atoms with Gasteiger partial charge in [0.2, 0.25) is 0 Å². The maximum absolute atomic E-state index is 6.08. The summed E-state index contributed by atoms with van der Waals surface area (Å²) in [4.78, 5) is 5.43. The topological polar surface area (TPSA) is 19.0 Å². The third-order valence-electron chi connectivity index (χ3n) is 5.55. The molecule has 96 valence electrons. The van der Waals surface area contributed by atoms with Gasteiger partial charge in [0.1, 0.15) is 5.60 Å². The number of hydrogen-bond donors (Lipinski definition) is 0. The van der Waals surface area contributed by atoms with Crippen molar-refractivity contribution in [1.29, 1.82) is 0 Å². The lowest BCUT2D eigenvalue weighted by Crippen LogP contribution is -2.66. The summed E-state index contributed by atoms with van der Waals surface area (Å²) >= 11 is 0. The van der Waals surface area contributed by atoms with Crippen molar-refractivity contribution in [3.8, 4) is 0 Å². The molecule has 5 rings (SSSR count). The zero-order valence-electron chi connectivity index (χ0n) is 11.1. The van der Waals surface area contributed by atoms with Gasteiger partial charge >= 0.3 is 0 Å². The Labute approximate surface area is 104 Å². The van der Waals surface area contributed by atoms with Crippen molar-refractivity contribution in [3.05, 3.63) is 0 Å². The summed E-state index contributed by atoms with van der Waals surface area (Å²) < 4.78 is 6.08. The van der Waals surface area contributed by atoms with Crippen LogP contribution in [0.4, 0.5) is 0 Å². The highest BCUT2D eigenvalue weighted by Gasteiger charge is 2.70. The van der Waals surface area contributed by atoms with Crippen LogP contribution < -0.4 is 0 Å². The number of piperidine rings is 2. The molecule has 0 aromatic carbocycles. The van der Waals surface area contributed by atoms with E-state index in [1.165, 1.54) is 45.7 Å². The summed E-state index contributed by atoms with van der Waals surface area (Å²) in [5.41, 5.74) is 0.730. The minimum Gasteiger partial charge on any atom is -0.368 e. The number of epoxide rings is 1. The normalized spacial score (nSPS) is 55.6. The maximum Gasteiger partial charge on any atom is 0.105 e. The molecule has 3 nitrogen and oxygen atoms in total. The monoisotopic (exact) mass is 236 g/mol. The van der Waals surface area contributed by atoms with Crippen LogP contribution in [-0.4, -0.2) is 61.3 Å². The lowest BCUT2D eigenvalue weighted by molar-refractivity contribution is -0.0887. The van der Waals surface area contributed by atoms with Crippen molar-refractivity contribution >= 4 is 0 Å². The van der Waals surface area contributed by atoms with Crippen LogP contribution in [0.1, 0.15) is 20.3 Å². The predicted molar refractivity (Wildman–Crippen MR) is 66.9 cm³/mol. The lowest BCUT2D eigenvalue weighted by atomic mass is 9.60. The van der Waals surface area contributed by atoms with Gasteiger partial charge in [0.05, 0.1) is 6.61 Å². The van der Waals surface area contributed by atoms with Crippen molar-refractivity contribution in [1.82, 2.24) is 9.80 Å².